The van der Waals surface area contributed by atoms with E-state index in [-0.39, 0.29) is 25.6 Å². The van der Waals surface area contributed by atoms with E-state index in [0.717, 1.165) is 50.4 Å². The first-order valence-corrected chi connectivity index (χ1v) is 12.0. The van der Waals surface area contributed by atoms with E-state index in [1.807, 2.05) is 0 Å². The molecule has 3 rings (SSSR count). The van der Waals surface area contributed by atoms with Crippen molar-refractivity contribution >= 4 is 5.97 Å². The van der Waals surface area contributed by atoms with E-state index in [1.54, 1.807) is 0 Å². The van der Waals surface area contributed by atoms with Crippen LogP contribution < -0.4 is 0 Å². The maximum absolute atomic E-state index is 12.8. The summed E-state index contributed by atoms with van der Waals surface area (Å²) in [7, 11) is 0. The molecule has 0 unspecified atom stereocenters. The van der Waals surface area contributed by atoms with Gasteiger partial charge in [0.15, 0.2) is 6.29 Å². The molecule has 3 fully saturated rings. The van der Waals surface area contributed by atoms with Gasteiger partial charge in [-0.2, -0.15) is 5.26 Å². The van der Waals surface area contributed by atoms with Crippen molar-refractivity contribution in [1.82, 2.24) is 0 Å². The number of carbonyl (C=O) groups excluding carboxylic acids is 1. The van der Waals surface area contributed by atoms with Crippen LogP contribution >= 0.6 is 0 Å². The molecule has 1 aliphatic heterocycles. The Hall–Kier alpha value is -1.12. The summed E-state index contributed by atoms with van der Waals surface area (Å²) >= 11 is 0. The minimum absolute atomic E-state index is 0.0633. The molecule has 5 nitrogen and oxygen atoms in total. The van der Waals surface area contributed by atoms with E-state index in [9.17, 15) is 10.1 Å². The summed E-state index contributed by atoms with van der Waals surface area (Å²) in [6.07, 6.45) is 13.5. The Labute approximate surface area is 176 Å². The second-order valence-corrected chi connectivity index (χ2v) is 9.56. The van der Waals surface area contributed by atoms with Crippen LogP contribution in [0.15, 0.2) is 0 Å². The molecule has 29 heavy (non-hydrogen) atoms. The number of nitriles is 1. The Balaban J connectivity index is 1.45. The number of hydrogen-bond donors (Lipinski definition) is 0. The van der Waals surface area contributed by atoms with E-state index in [2.05, 4.69) is 19.9 Å². The first kappa shape index (κ1) is 22.6. The average molecular weight is 406 g/mol. The number of nitrogens with zero attached hydrogens (tertiary/aromatic N) is 1. The zero-order valence-corrected chi connectivity index (χ0v) is 18.4. The highest BCUT2D eigenvalue weighted by Gasteiger charge is 2.48. The highest BCUT2D eigenvalue weighted by atomic mass is 16.7. The average Bonchev–Trinajstić information content (AvgIpc) is 2.78. The Morgan fingerprint density at radius 3 is 2.17 bits per heavy atom. The molecule has 3 aliphatic rings. The fraction of sp³-hybridized carbons (Fsp3) is 0.917. The Morgan fingerprint density at radius 2 is 1.62 bits per heavy atom. The van der Waals surface area contributed by atoms with Gasteiger partial charge >= 0.3 is 5.97 Å². The fourth-order valence-corrected chi connectivity index (χ4v) is 5.20. The fourth-order valence-electron chi connectivity index (χ4n) is 5.20. The SMILES string of the molecule is CCCCC1CCC(C2OCC(C#N)(C(=O)OC3CCC(CC)CC3)CO2)CC1. The number of carbonyl (C=O) groups is 1. The lowest BCUT2D eigenvalue weighted by Crippen LogP contribution is -2.50. The molecule has 0 aromatic heterocycles. The van der Waals surface area contributed by atoms with Crippen molar-refractivity contribution in [2.24, 2.45) is 23.2 Å². The summed E-state index contributed by atoms with van der Waals surface area (Å²) in [5.41, 5.74) is -1.31. The molecule has 0 bridgehead atoms. The van der Waals surface area contributed by atoms with Gasteiger partial charge in [0.1, 0.15) is 6.10 Å². The zero-order valence-electron chi connectivity index (χ0n) is 18.4. The minimum atomic E-state index is -1.31. The highest BCUT2D eigenvalue weighted by molar-refractivity contribution is 5.80. The van der Waals surface area contributed by atoms with Crippen LogP contribution in [0.3, 0.4) is 0 Å². The Morgan fingerprint density at radius 1 is 1.00 bits per heavy atom. The van der Waals surface area contributed by atoms with Crippen LogP contribution in [0.1, 0.15) is 90.9 Å². The summed E-state index contributed by atoms with van der Waals surface area (Å²) in [5, 5.41) is 9.72. The first-order chi connectivity index (χ1) is 14.1. The van der Waals surface area contributed by atoms with Gasteiger partial charge in [-0.05, 0) is 63.2 Å². The van der Waals surface area contributed by atoms with Crippen LogP contribution in [0.4, 0.5) is 0 Å². The minimum Gasteiger partial charge on any atom is -0.461 e. The summed E-state index contributed by atoms with van der Waals surface area (Å²) < 4.78 is 17.6. The van der Waals surface area contributed by atoms with E-state index >= 15 is 0 Å². The lowest BCUT2D eigenvalue weighted by atomic mass is 9.79. The van der Waals surface area contributed by atoms with Crippen molar-refractivity contribution in [2.75, 3.05) is 13.2 Å². The maximum atomic E-state index is 12.8. The van der Waals surface area contributed by atoms with Crippen LogP contribution in [0, 0.1) is 34.5 Å². The lowest BCUT2D eigenvalue weighted by Gasteiger charge is -2.40. The topological polar surface area (TPSA) is 68.5 Å². The summed E-state index contributed by atoms with van der Waals surface area (Å²) in [6, 6.07) is 2.16. The smallest absolute Gasteiger partial charge is 0.331 e. The number of ether oxygens (including phenoxy) is 3. The van der Waals surface area contributed by atoms with E-state index < -0.39 is 11.4 Å². The van der Waals surface area contributed by atoms with E-state index in [4.69, 9.17) is 14.2 Å². The van der Waals surface area contributed by atoms with Crippen molar-refractivity contribution in [1.29, 1.82) is 5.26 Å². The third kappa shape index (κ3) is 5.73. The van der Waals surface area contributed by atoms with Crippen LogP contribution in [0.25, 0.3) is 0 Å². The Kier molecular flexibility index (Phi) is 8.38. The zero-order chi connectivity index (χ0) is 20.7. The predicted octanol–water partition coefficient (Wildman–Crippen LogP) is 5.38. The van der Waals surface area contributed by atoms with Crippen LogP contribution in [-0.4, -0.2) is 31.6 Å². The second-order valence-electron chi connectivity index (χ2n) is 9.56. The predicted molar refractivity (Wildman–Crippen MR) is 111 cm³/mol. The van der Waals surface area contributed by atoms with Crippen LogP contribution in [0.2, 0.25) is 0 Å². The quantitative estimate of drug-likeness (QED) is 0.532. The molecule has 0 amide bonds. The van der Waals surface area contributed by atoms with Gasteiger partial charge in [-0.3, -0.25) is 4.79 Å². The molecule has 2 saturated carbocycles. The van der Waals surface area contributed by atoms with Gasteiger partial charge in [0, 0.05) is 5.92 Å². The van der Waals surface area contributed by atoms with Crippen molar-refractivity contribution in [3.05, 3.63) is 0 Å². The van der Waals surface area contributed by atoms with Gasteiger partial charge in [-0.25, -0.2) is 0 Å². The van der Waals surface area contributed by atoms with Crippen molar-refractivity contribution in [3.8, 4) is 6.07 Å². The number of hydrogen-bond acceptors (Lipinski definition) is 5. The molecule has 0 atom stereocenters. The summed E-state index contributed by atoms with van der Waals surface area (Å²) in [4.78, 5) is 12.8. The first-order valence-electron chi connectivity index (χ1n) is 12.0. The molecule has 0 spiro atoms. The molecular weight excluding hydrogens is 366 g/mol. The molecule has 0 radical (unpaired) electrons. The van der Waals surface area contributed by atoms with Gasteiger partial charge in [0.2, 0.25) is 5.41 Å². The van der Waals surface area contributed by atoms with Crippen LogP contribution in [0.5, 0.6) is 0 Å². The standard InChI is InChI=1S/C24H39NO4/c1-3-5-6-19-7-11-20(12-8-19)22-27-16-24(15-25,17-28-22)23(26)29-21-13-9-18(4-2)10-14-21/h18-22H,3-14,16-17H2,1-2H3. The third-order valence-corrected chi connectivity index (χ3v) is 7.48. The lowest BCUT2D eigenvalue weighted by molar-refractivity contribution is -0.247. The molecule has 0 aromatic carbocycles. The largest absolute Gasteiger partial charge is 0.461 e. The molecule has 5 heteroatoms. The van der Waals surface area contributed by atoms with Gasteiger partial charge in [-0.1, -0.05) is 39.5 Å². The summed E-state index contributed by atoms with van der Waals surface area (Å²) in [6.45, 7) is 4.64. The van der Waals surface area contributed by atoms with Gasteiger partial charge in [0.05, 0.1) is 19.3 Å². The van der Waals surface area contributed by atoms with E-state index in [0.29, 0.717) is 5.92 Å². The van der Waals surface area contributed by atoms with Crippen molar-refractivity contribution in [2.45, 2.75) is 103 Å². The normalized spacial score (nSPS) is 38.2. The molecule has 164 valence electrons. The van der Waals surface area contributed by atoms with Gasteiger partial charge in [-0.15, -0.1) is 0 Å². The van der Waals surface area contributed by atoms with E-state index in [1.165, 1.54) is 38.5 Å². The molecule has 1 saturated heterocycles. The summed E-state index contributed by atoms with van der Waals surface area (Å²) in [5.74, 6) is 1.51. The third-order valence-electron chi connectivity index (χ3n) is 7.48. The monoisotopic (exact) mass is 405 g/mol. The molecule has 0 aromatic rings. The molecule has 1 heterocycles. The second kappa shape index (κ2) is 10.8. The van der Waals surface area contributed by atoms with Crippen molar-refractivity contribution < 1.29 is 19.0 Å². The van der Waals surface area contributed by atoms with Crippen molar-refractivity contribution in [3.63, 3.8) is 0 Å². The number of esters is 1. The van der Waals surface area contributed by atoms with Crippen LogP contribution in [-0.2, 0) is 19.0 Å². The van der Waals surface area contributed by atoms with Gasteiger partial charge < -0.3 is 14.2 Å². The Bertz CT molecular complexity index is 548. The molecular formula is C24H39NO4. The number of rotatable bonds is 7. The maximum Gasteiger partial charge on any atom is 0.331 e. The molecule has 0 N–H and O–H groups in total. The highest BCUT2D eigenvalue weighted by Crippen LogP contribution is 2.38. The molecule has 2 aliphatic carbocycles. The van der Waals surface area contributed by atoms with Gasteiger partial charge in [0.25, 0.3) is 0 Å². The number of unbranched alkanes of at least 4 members (excludes halogenated alkanes) is 1.